The Balaban J connectivity index is 1.81. The zero-order chi connectivity index (χ0) is 17.8. The Bertz CT molecular complexity index is 1130. The maximum absolute atomic E-state index is 13.2. The highest BCUT2D eigenvalue weighted by Crippen LogP contribution is 2.39. The lowest BCUT2D eigenvalue weighted by atomic mass is 10.0. The van der Waals surface area contributed by atoms with Crippen molar-refractivity contribution >= 4 is 34.0 Å². The maximum atomic E-state index is 13.2. The Morgan fingerprint density at radius 3 is 2.54 bits per heavy atom. The smallest absolute Gasteiger partial charge is 0.266 e. The number of fused-ring (bicyclic) bond motifs is 4. The van der Waals surface area contributed by atoms with Crippen molar-refractivity contribution in [1.29, 1.82) is 0 Å². The van der Waals surface area contributed by atoms with E-state index in [1.165, 1.54) is 11.0 Å². The Morgan fingerprint density at radius 2 is 1.73 bits per heavy atom. The largest absolute Gasteiger partial charge is 0.370 e. The second-order valence-corrected chi connectivity index (χ2v) is 7.17. The monoisotopic (exact) mass is 365 g/mol. The van der Waals surface area contributed by atoms with Crippen molar-refractivity contribution in [2.24, 2.45) is 0 Å². The molecule has 5 rings (SSSR count). The molecule has 0 unspecified atom stereocenters. The number of aromatic nitrogens is 2. The number of carbonyl (C=O) groups is 1. The molecule has 6 heteroatoms. The molecule has 130 valence electrons. The highest BCUT2D eigenvalue weighted by Gasteiger charge is 2.35. The number of benzene rings is 2. The van der Waals surface area contributed by atoms with E-state index in [1.54, 1.807) is 30.3 Å². The van der Waals surface area contributed by atoms with E-state index in [9.17, 15) is 9.59 Å². The van der Waals surface area contributed by atoms with E-state index in [4.69, 9.17) is 11.6 Å². The van der Waals surface area contributed by atoms with Crippen LogP contribution in [0.15, 0.2) is 41.2 Å². The number of halogens is 1. The van der Waals surface area contributed by atoms with Crippen LogP contribution in [0.25, 0.3) is 16.6 Å². The van der Waals surface area contributed by atoms with Crippen LogP contribution in [0.2, 0.25) is 5.02 Å². The third-order valence-corrected chi connectivity index (χ3v) is 5.53. The minimum atomic E-state index is -0.231. The molecule has 0 saturated carbocycles. The number of rotatable bonds is 1. The molecule has 1 aromatic heterocycles. The molecule has 3 heterocycles. The lowest BCUT2D eigenvalue weighted by Gasteiger charge is -2.30. The van der Waals surface area contributed by atoms with Crippen LogP contribution < -0.4 is 10.5 Å². The predicted molar refractivity (Wildman–Crippen MR) is 102 cm³/mol. The van der Waals surface area contributed by atoms with E-state index >= 15 is 0 Å². The molecule has 2 aliphatic heterocycles. The van der Waals surface area contributed by atoms with E-state index in [0.29, 0.717) is 27.2 Å². The summed E-state index contributed by atoms with van der Waals surface area (Å²) in [6.07, 6.45) is 3.33. The molecule has 0 spiro atoms. The van der Waals surface area contributed by atoms with Gasteiger partial charge in [0.1, 0.15) is 0 Å². The van der Waals surface area contributed by atoms with Crippen LogP contribution >= 0.6 is 11.6 Å². The lowest BCUT2D eigenvalue weighted by Crippen LogP contribution is -2.31. The minimum Gasteiger partial charge on any atom is -0.370 e. The van der Waals surface area contributed by atoms with Gasteiger partial charge in [0.25, 0.3) is 5.56 Å². The van der Waals surface area contributed by atoms with Crippen molar-refractivity contribution < 1.29 is 4.79 Å². The van der Waals surface area contributed by atoms with Gasteiger partial charge in [0, 0.05) is 13.1 Å². The van der Waals surface area contributed by atoms with Crippen molar-refractivity contribution in [3.8, 4) is 5.69 Å². The molecule has 3 aromatic rings. The van der Waals surface area contributed by atoms with Crippen LogP contribution in [0, 0.1) is 0 Å². The molecule has 2 aromatic carbocycles. The summed E-state index contributed by atoms with van der Waals surface area (Å²) in [6.45, 7) is 1.73. The zero-order valence-electron chi connectivity index (χ0n) is 14.0. The van der Waals surface area contributed by atoms with Crippen molar-refractivity contribution in [1.82, 2.24) is 9.55 Å². The van der Waals surface area contributed by atoms with Gasteiger partial charge in [0.05, 0.1) is 32.9 Å². The number of piperidine rings is 1. The molecule has 1 saturated heterocycles. The zero-order valence-corrected chi connectivity index (χ0v) is 14.8. The van der Waals surface area contributed by atoms with Crippen molar-refractivity contribution in [3.63, 3.8) is 0 Å². The fourth-order valence-corrected chi connectivity index (χ4v) is 4.29. The van der Waals surface area contributed by atoms with Crippen molar-refractivity contribution in [2.75, 3.05) is 18.0 Å². The van der Waals surface area contributed by atoms with Gasteiger partial charge in [-0.25, -0.2) is 4.98 Å². The molecule has 5 nitrogen and oxygen atoms in total. The number of hydrogen-bond acceptors (Lipinski definition) is 4. The van der Waals surface area contributed by atoms with Gasteiger partial charge >= 0.3 is 0 Å². The second kappa shape index (κ2) is 5.68. The highest BCUT2D eigenvalue weighted by atomic mass is 35.5. The Labute approximate surface area is 154 Å². The normalized spacial score (nSPS) is 16.0. The molecule has 0 amide bonds. The number of anilines is 1. The summed E-state index contributed by atoms with van der Waals surface area (Å²) in [4.78, 5) is 32.9. The molecule has 26 heavy (non-hydrogen) atoms. The Morgan fingerprint density at radius 1 is 0.962 bits per heavy atom. The topological polar surface area (TPSA) is 55.2 Å². The average molecular weight is 366 g/mol. The van der Waals surface area contributed by atoms with E-state index in [2.05, 4.69) is 9.88 Å². The molecule has 1 fully saturated rings. The first kappa shape index (κ1) is 15.6. The van der Waals surface area contributed by atoms with Gasteiger partial charge in [0.15, 0.2) is 5.82 Å². The van der Waals surface area contributed by atoms with Crippen molar-refractivity contribution in [3.05, 3.63) is 63.2 Å². The first-order chi connectivity index (χ1) is 12.7. The number of para-hydroxylation sites is 1. The summed E-state index contributed by atoms with van der Waals surface area (Å²) in [5.74, 6) is -0.0600. The average Bonchev–Trinajstić information content (AvgIpc) is 2.95. The standard InChI is InChI=1S/C20H16ClN3O2/c21-13-8-9-15-16(17(13)23-10-4-1-5-11-23)18(25)19-22-14-7-3-2-6-12(14)20(26)24(15)19/h2-3,6-9H,1,4-5,10-11H2. The van der Waals surface area contributed by atoms with E-state index in [0.717, 1.165) is 31.6 Å². The van der Waals surface area contributed by atoms with E-state index in [-0.39, 0.29) is 17.2 Å². The van der Waals surface area contributed by atoms with Crippen LogP contribution in [0.1, 0.15) is 35.4 Å². The first-order valence-corrected chi connectivity index (χ1v) is 9.19. The minimum absolute atomic E-state index is 0.171. The fraction of sp³-hybridized carbons (Fsp3) is 0.250. The van der Waals surface area contributed by atoms with Crippen LogP contribution in [0.5, 0.6) is 0 Å². The molecular weight excluding hydrogens is 350 g/mol. The second-order valence-electron chi connectivity index (χ2n) is 6.76. The molecule has 0 atom stereocenters. The molecule has 2 aliphatic rings. The Hall–Kier alpha value is -2.66. The van der Waals surface area contributed by atoms with Crippen LogP contribution in [-0.2, 0) is 0 Å². The Kier molecular flexibility index (Phi) is 3.40. The third-order valence-electron chi connectivity index (χ3n) is 5.23. The third kappa shape index (κ3) is 2.07. The van der Waals surface area contributed by atoms with Gasteiger partial charge < -0.3 is 4.90 Å². The summed E-state index contributed by atoms with van der Waals surface area (Å²) < 4.78 is 1.43. The molecular formula is C20H16ClN3O2. The van der Waals surface area contributed by atoms with Gasteiger partial charge in [-0.1, -0.05) is 23.7 Å². The van der Waals surface area contributed by atoms with Crippen LogP contribution in [0.3, 0.4) is 0 Å². The molecule has 0 radical (unpaired) electrons. The summed E-state index contributed by atoms with van der Waals surface area (Å²) in [7, 11) is 0. The molecule has 0 aliphatic carbocycles. The van der Waals surface area contributed by atoms with Gasteiger partial charge in [-0.05, 0) is 43.5 Å². The van der Waals surface area contributed by atoms with Gasteiger partial charge in [-0.3, -0.25) is 14.2 Å². The fourth-order valence-electron chi connectivity index (χ4n) is 4.01. The first-order valence-electron chi connectivity index (χ1n) is 8.81. The van der Waals surface area contributed by atoms with Gasteiger partial charge in [-0.15, -0.1) is 0 Å². The lowest BCUT2D eigenvalue weighted by molar-refractivity contribution is 0.103. The summed E-state index contributed by atoms with van der Waals surface area (Å²) in [5.41, 5.74) is 2.14. The maximum Gasteiger partial charge on any atom is 0.266 e. The van der Waals surface area contributed by atoms with E-state index in [1.807, 2.05) is 6.07 Å². The quantitative estimate of drug-likeness (QED) is 0.517. The van der Waals surface area contributed by atoms with E-state index < -0.39 is 0 Å². The summed E-state index contributed by atoms with van der Waals surface area (Å²) in [6, 6.07) is 10.6. The predicted octanol–water partition coefficient (Wildman–Crippen LogP) is 3.57. The van der Waals surface area contributed by atoms with Gasteiger partial charge in [-0.2, -0.15) is 0 Å². The van der Waals surface area contributed by atoms with Crippen LogP contribution in [0.4, 0.5) is 5.69 Å². The molecule has 0 N–H and O–H groups in total. The number of nitrogens with zero attached hydrogens (tertiary/aromatic N) is 3. The number of carbonyl (C=O) groups excluding carboxylic acids is 1. The number of hydrogen-bond donors (Lipinski definition) is 0. The molecule has 0 bridgehead atoms. The van der Waals surface area contributed by atoms with Crippen molar-refractivity contribution in [2.45, 2.75) is 19.3 Å². The number of ketones is 1. The summed E-state index contributed by atoms with van der Waals surface area (Å²) in [5, 5.41) is 1.05. The highest BCUT2D eigenvalue weighted by molar-refractivity contribution is 6.35. The van der Waals surface area contributed by atoms with Gasteiger partial charge in [0.2, 0.25) is 5.78 Å². The summed E-state index contributed by atoms with van der Waals surface area (Å²) >= 11 is 6.49. The SMILES string of the molecule is O=C1c2c(ccc(Cl)c2N2CCCCC2)-n2c1nc1ccccc1c2=O. The van der Waals surface area contributed by atoms with Crippen LogP contribution in [-0.4, -0.2) is 28.4 Å².